The summed E-state index contributed by atoms with van der Waals surface area (Å²) in [7, 11) is 5.02. The van der Waals surface area contributed by atoms with E-state index in [9.17, 15) is 14.4 Å². The topological polar surface area (TPSA) is 102 Å². The number of benzene rings is 2. The molecule has 4 amide bonds. The Morgan fingerprint density at radius 3 is 2.61 bits per heavy atom. The van der Waals surface area contributed by atoms with E-state index in [1.54, 1.807) is 18.2 Å². The molecule has 2 heterocycles. The summed E-state index contributed by atoms with van der Waals surface area (Å²) < 4.78 is 12.5. The molecule has 1 aliphatic heterocycles. The van der Waals surface area contributed by atoms with Gasteiger partial charge >= 0.3 is 6.03 Å². The van der Waals surface area contributed by atoms with Gasteiger partial charge in [-0.05, 0) is 48.4 Å². The Morgan fingerprint density at radius 1 is 1.06 bits per heavy atom. The first-order chi connectivity index (χ1) is 15.9. The van der Waals surface area contributed by atoms with Crippen molar-refractivity contribution in [3.8, 4) is 11.5 Å². The van der Waals surface area contributed by atoms with E-state index in [4.69, 9.17) is 9.47 Å². The Balaban J connectivity index is 1.34. The van der Waals surface area contributed by atoms with Crippen LogP contribution >= 0.6 is 0 Å². The monoisotopic (exact) mass is 450 g/mol. The molecule has 3 aromatic rings. The number of amides is 4. The number of urea groups is 1. The SMILES string of the molecule is COc1ccc(CN2C(=O)N[C@@H](CCC(=O)Nc3ccc4c(ccn4C)c3)C2=O)cc1OC. The molecule has 172 valence electrons. The van der Waals surface area contributed by atoms with Crippen LogP contribution in [0.4, 0.5) is 10.5 Å². The number of hydrogen-bond donors (Lipinski definition) is 2. The van der Waals surface area contributed by atoms with Crippen LogP contribution in [0.5, 0.6) is 11.5 Å². The van der Waals surface area contributed by atoms with Gasteiger partial charge in [-0.15, -0.1) is 0 Å². The van der Waals surface area contributed by atoms with Gasteiger partial charge < -0.3 is 24.7 Å². The van der Waals surface area contributed by atoms with Crippen LogP contribution < -0.4 is 20.1 Å². The number of aromatic nitrogens is 1. The number of aryl methyl sites for hydroxylation is 1. The van der Waals surface area contributed by atoms with Crippen LogP contribution in [0, 0.1) is 0 Å². The zero-order valence-electron chi connectivity index (χ0n) is 18.8. The minimum atomic E-state index is -0.736. The van der Waals surface area contributed by atoms with Crippen molar-refractivity contribution in [2.45, 2.75) is 25.4 Å². The average molecular weight is 450 g/mol. The molecular weight excluding hydrogens is 424 g/mol. The number of imide groups is 1. The van der Waals surface area contributed by atoms with Gasteiger partial charge in [0, 0.05) is 36.3 Å². The molecule has 0 unspecified atom stereocenters. The first-order valence-electron chi connectivity index (χ1n) is 10.6. The third kappa shape index (κ3) is 4.62. The second-order valence-electron chi connectivity index (χ2n) is 7.90. The van der Waals surface area contributed by atoms with Gasteiger partial charge in [0.05, 0.1) is 20.8 Å². The number of nitrogens with one attached hydrogen (secondary N) is 2. The van der Waals surface area contributed by atoms with Crippen molar-refractivity contribution >= 4 is 34.4 Å². The van der Waals surface area contributed by atoms with Crippen molar-refractivity contribution in [3.63, 3.8) is 0 Å². The fourth-order valence-corrected chi connectivity index (χ4v) is 3.94. The molecule has 0 bridgehead atoms. The van der Waals surface area contributed by atoms with Gasteiger partial charge in [-0.1, -0.05) is 6.07 Å². The molecule has 0 saturated carbocycles. The normalized spacial score (nSPS) is 15.6. The summed E-state index contributed by atoms with van der Waals surface area (Å²) in [6.07, 6.45) is 2.28. The van der Waals surface area contributed by atoms with Crippen LogP contribution in [0.3, 0.4) is 0 Å². The molecular formula is C24H26N4O5. The van der Waals surface area contributed by atoms with Gasteiger partial charge in [-0.2, -0.15) is 0 Å². The van der Waals surface area contributed by atoms with E-state index in [0.717, 1.165) is 21.4 Å². The highest BCUT2D eigenvalue weighted by Gasteiger charge is 2.37. The number of nitrogens with zero attached hydrogens (tertiary/aromatic N) is 2. The summed E-state index contributed by atoms with van der Waals surface area (Å²) in [5.41, 5.74) is 2.49. The standard InChI is InChI=1S/C24H26N4O5/c1-27-11-10-16-13-17(5-7-19(16)27)25-22(29)9-6-18-23(30)28(24(31)26-18)14-15-4-8-20(32-2)21(12-15)33-3/h4-5,7-8,10-13,18H,6,9,14H2,1-3H3,(H,25,29)(H,26,31)/t18-/m0/s1. The molecule has 2 aromatic carbocycles. The molecule has 0 radical (unpaired) electrons. The third-order valence-electron chi connectivity index (χ3n) is 5.72. The third-order valence-corrected chi connectivity index (χ3v) is 5.72. The van der Waals surface area contributed by atoms with Gasteiger partial charge in [-0.3, -0.25) is 14.5 Å². The van der Waals surface area contributed by atoms with Crippen molar-refractivity contribution in [1.82, 2.24) is 14.8 Å². The van der Waals surface area contributed by atoms with Crippen molar-refractivity contribution in [2.75, 3.05) is 19.5 Å². The summed E-state index contributed by atoms with van der Waals surface area (Å²) in [6.45, 7) is 0.102. The maximum Gasteiger partial charge on any atom is 0.325 e. The molecule has 1 aromatic heterocycles. The second-order valence-corrected chi connectivity index (χ2v) is 7.90. The van der Waals surface area contributed by atoms with Crippen LogP contribution in [0.2, 0.25) is 0 Å². The maximum atomic E-state index is 12.8. The number of rotatable bonds is 8. The second kappa shape index (κ2) is 9.23. The van der Waals surface area contributed by atoms with Gasteiger partial charge in [0.2, 0.25) is 5.91 Å². The Bertz CT molecular complexity index is 1220. The van der Waals surface area contributed by atoms with E-state index in [1.165, 1.54) is 14.2 Å². The Kier molecular flexibility index (Phi) is 6.21. The molecule has 9 heteroatoms. The molecule has 1 atom stereocenters. The van der Waals surface area contributed by atoms with E-state index in [-0.39, 0.29) is 31.2 Å². The van der Waals surface area contributed by atoms with E-state index < -0.39 is 12.1 Å². The van der Waals surface area contributed by atoms with Crippen LogP contribution in [-0.2, 0) is 23.2 Å². The number of carbonyl (C=O) groups is 3. The Labute approximate surface area is 191 Å². The molecule has 33 heavy (non-hydrogen) atoms. The molecule has 0 aliphatic carbocycles. The highest BCUT2D eigenvalue weighted by atomic mass is 16.5. The molecule has 1 aliphatic rings. The quantitative estimate of drug-likeness (QED) is 0.514. The highest BCUT2D eigenvalue weighted by Crippen LogP contribution is 2.28. The maximum absolute atomic E-state index is 12.8. The smallest absolute Gasteiger partial charge is 0.325 e. The largest absolute Gasteiger partial charge is 0.493 e. The predicted molar refractivity (Wildman–Crippen MR) is 123 cm³/mol. The van der Waals surface area contributed by atoms with E-state index >= 15 is 0 Å². The van der Waals surface area contributed by atoms with Crippen LogP contribution in [0.15, 0.2) is 48.7 Å². The fraction of sp³-hybridized carbons (Fsp3) is 0.292. The lowest BCUT2D eigenvalue weighted by molar-refractivity contribution is -0.128. The van der Waals surface area contributed by atoms with Crippen LogP contribution in [0.25, 0.3) is 10.9 Å². The van der Waals surface area contributed by atoms with Crippen molar-refractivity contribution in [1.29, 1.82) is 0 Å². The molecule has 2 N–H and O–H groups in total. The van der Waals surface area contributed by atoms with E-state index in [0.29, 0.717) is 17.2 Å². The molecule has 0 spiro atoms. The lowest BCUT2D eigenvalue weighted by atomic mass is 10.1. The number of hydrogen-bond acceptors (Lipinski definition) is 5. The molecule has 4 rings (SSSR count). The summed E-state index contributed by atoms with van der Waals surface area (Å²) in [5.74, 6) is 0.511. The summed E-state index contributed by atoms with van der Waals surface area (Å²) in [6, 6.07) is 11.7. The van der Waals surface area contributed by atoms with Gasteiger partial charge in [0.1, 0.15) is 6.04 Å². The lowest BCUT2D eigenvalue weighted by Gasteiger charge is -2.15. The predicted octanol–water partition coefficient (Wildman–Crippen LogP) is 3.03. The minimum Gasteiger partial charge on any atom is -0.493 e. The Hall–Kier alpha value is -4.01. The van der Waals surface area contributed by atoms with Crippen molar-refractivity contribution < 1.29 is 23.9 Å². The summed E-state index contributed by atoms with van der Waals surface area (Å²) in [4.78, 5) is 38.7. The molecule has 9 nitrogen and oxygen atoms in total. The average Bonchev–Trinajstić information content (AvgIpc) is 3.31. The number of anilines is 1. The number of methoxy groups -OCH3 is 2. The van der Waals surface area contributed by atoms with Crippen molar-refractivity contribution in [3.05, 3.63) is 54.2 Å². The van der Waals surface area contributed by atoms with Gasteiger partial charge in [0.15, 0.2) is 11.5 Å². The zero-order valence-corrected chi connectivity index (χ0v) is 18.8. The number of fused-ring (bicyclic) bond motifs is 1. The van der Waals surface area contributed by atoms with Gasteiger partial charge in [-0.25, -0.2) is 4.79 Å². The molecule has 1 fully saturated rings. The first-order valence-corrected chi connectivity index (χ1v) is 10.6. The van der Waals surface area contributed by atoms with Gasteiger partial charge in [0.25, 0.3) is 5.91 Å². The van der Waals surface area contributed by atoms with Crippen molar-refractivity contribution in [2.24, 2.45) is 7.05 Å². The first kappa shape index (κ1) is 22.2. The number of carbonyl (C=O) groups excluding carboxylic acids is 3. The summed E-state index contributed by atoms with van der Waals surface area (Å²) in [5, 5.41) is 6.55. The number of ether oxygens (including phenoxy) is 2. The minimum absolute atomic E-state index is 0.102. The summed E-state index contributed by atoms with van der Waals surface area (Å²) >= 11 is 0. The zero-order chi connectivity index (χ0) is 23.5. The van der Waals surface area contributed by atoms with Crippen LogP contribution in [-0.4, -0.2) is 47.6 Å². The van der Waals surface area contributed by atoms with Crippen LogP contribution in [0.1, 0.15) is 18.4 Å². The van der Waals surface area contributed by atoms with E-state index in [2.05, 4.69) is 10.6 Å². The fourth-order valence-electron chi connectivity index (χ4n) is 3.94. The highest BCUT2D eigenvalue weighted by molar-refractivity contribution is 6.04. The van der Waals surface area contributed by atoms with E-state index in [1.807, 2.05) is 42.1 Å². The molecule has 1 saturated heterocycles. The lowest BCUT2D eigenvalue weighted by Crippen LogP contribution is -2.31. The Morgan fingerprint density at radius 2 is 1.85 bits per heavy atom.